The van der Waals surface area contributed by atoms with Gasteiger partial charge in [-0.05, 0) is 51.5 Å². The number of fused-ring (bicyclic) bond motifs is 1. The first-order valence-corrected chi connectivity index (χ1v) is 10.2. The molecule has 1 N–H and O–H groups in total. The number of nitrogens with one attached hydrogen (secondary N) is 1. The predicted octanol–water partition coefficient (Wildman–Crippen LogP) is 3.24. The largest absolute Gasteiger partial charge is 0.471 e. The maximum absolute atomic E-state index is 11.2. The Bertz CT molecular complexity index is 1070. The molecule has 30 heavy (non-hydrogen) atoms. The van der Waals surface area contributed by atoms with Crippen LogP contribution in [0.15, 0.2) is 30.6 Å². The number of hydrogen-bond acceptors (Lipinski definition) is 6. The Balaban J connectivity index is 1.61. The fraction of sp³-hybridized carbons (Fsp3) is 0.455. The van der Waals surface area contributed by atoms with E-state index in [2.05, 4.69) is 41.0 Å². The van der Waals surface area contributed by atoms with Gasteiger partial charge in [0.05, 0.1) is 0 Å². The van der Waals surface area contributed by atoms with Gasteiger partial charge in [0.1, 0.15) is 18.3 Å². The molecule has 158 valence electrons. The number of likely N-dealkylation sites (tertiary alicyclic amines) is 1. The van der Waals surface area contributed by atoms with E-state index >= 15 is 0 Å². The van der Waals surface area contributed by atoms with E-state index < -0.39 is 0 Å². The molecule has 8 heteroatoms. The molecule has 0 bridgehead atoms. The van der Waals surface area contributed by atoms with Crippen molar-refractivity contribution in [2.75, 3.05) is 18.4 Å². The zero-order chi connectivity index (χ0) is 21.5. The molecule has 1 aromatic carbocycles. The van der Waals surface area contributed by atoms with E-state index in [1.54, 1.807) is 0 Å². The van der Waals surface area contributed by atoms with E-state index in [-0.39, 0.29) is 17.6 Å². The molecule has 0 radical (unpaired) electrons. The van der Waals surface area contributed by atoms with Gasteiger partial charge in [-0.1, -0.05) is 0 Å². The average Bonchev–Trinajstić information content (AvgIpc) is 3.28. The number of ether oxygens (including phenoxy) is 1. The maximum atomic E-state index is 11.2. The van der Waals surface area contributed by atoms with Gasteiger partial charge < -0.3 is 14.6 Å². The van der Waals surface area contributed by atoms with Crippen molar-refractivity contribution < 1.29 is 9.53 Å². The van der Waals surface area contributed by atoms with E-state index in [1.807, 2.05) is 35.9 Å². The summed E-state index contributed by atoms with van der Waals surface area (Å²) in [4.78, 5) is 27.2. The molecule has 1 saturated heterocycles. The SMILES string of the molecule is CC(=O)Nc1ccc(-c2nc3c(OC4CCN(C(C)(C)C)C4)ncnc3n2C)cc1. The summed E-state index contributed by atoms with van der Waals surface area (Å²) in [6, 6.07) is 7.58. The first-order valence-electron chi connectivity index (χ1n) is 10.2. The van der Waals surface area contributed by atoms with E-state index in [1.165, 1.54) is 13.3 Å². The fourth-order valence-electron chi connectivity index (χ4n) is 3.82. The lowest BCUT2D eigenvalue weighted by molar-refractivity contribution is -0.114. The van der Waals surface area contributed by atoms with Crippen LogP contribution in [-0.4, -0.2) is 55.1 Å². The number of anilines is 1. The topological polar surface area (TPSA) is 85.2 Å². The minimum atomic E-state index is -0.0977. The highest BCUT2D eigenvalue weighted by atomic mass is 16.5. The van der Waals surface area contributed by atoms with Crippen LogP contribution in [0.4, 0.5) is 5.69 Å². The third kappa shape index (κ3) is 4.00. The van der Waals surface area contributed by atoms with Crippen molar-refractivity contribution in [3.05, 3.63) is 30.6 Å². The highest BCUT2D eigenvalue weighted by Crippen LogP contribution is 2.30. The number of amides is 1. The molecule has 8 nitrogen and oxygen atoms in total. The molecule has 0 spiro atoms. The molecule has 4 rings (SSSR count). The van der Waals surface area contributed by atoms with Gasteiger partial charge in [0.25, 0.3) is 0 Å². The second kappa shape index (κ2) is 7.68. The molecule has 1 atom stereocenters. The number of aromatic nitrogens is 4. The monoisotopic (exact) mass is 408 g/mol. The molecular formula is C22H28N6O2. The van der Waals surface area contributed by atoms with Crippen molar-refractivity contribution in [2.24, 2.45) is 7.05 Å². The van der Waals surface area contributed by atoms with Gasteiger partial charge in [-0.15, -0.1) is 0 Å². The Morgan fingerprint density at radius 2 is 1.93 bits per heavy atom. The van der Waals surface area contributed by atoms with Crippen LogP contribution in [0.5, 0.6) is 5.88 Å². The zero-order valence-electron chi connectivity index (χ0n) is 18.1. The van der Waals surface area contributed by atoms with Gasteiger partial charge in [-0.2, -0.15) is 4.98 Å². The highest BCUT2D eigenvalue weighted by molar-refractivity contribution is 5.89. The first kappa shape index (κ1) is 20.3. The summed E-state index contributed by atoms with van der Waals surface area (Å²) in [6.07, 6.45) is 2.58. The molecular weight excluding hydrogens is 380 g/mol. The van der Waals surface area contributed by atoms with Crippen molar-refractivity contribution in [2.45, 2.75) is 45.8 Å². The highest BCUT2D eigenvalue weighted by Gasteiger charge is 2.32. The predicted molar refractivity (Wildman–Crippen MR) is 116 cm³/mol. The Morgan fingerprint density at radius 3 is 2.57 bits per heavy atom. The normalized spacial score (nSPS) is 17.4. The van der Waals surface area contributed by atoms with Gasteiger partial charge >= 0.3 is 0 Å². The van der Waals surface area contributed by atoms with Crippen LogP contribution in [0, 0.1) is 0 Å². The Morgan fingerprint density at radius 1 is 1.20 bits per heavy atom. The standard InChI is InChI=1S/C22H28N6O2/c1-14(29)25-16-8-6-15(7-9-16)19-26-18-20(27(19)5)23-13-24-21(18)30-17-10-11-28(12-17)22(2,3)4/h6-9,13,17H,10-12H2,1-5H3,(H,25,29). The van der Waals surface area contributed by atoms with Crippen molar-refractivity contribution >= 4 is 22.8 Å². The molecule has 1 fully saturated rings. The zero-order valence-corrected chi connectivity index (χ0v) is 18.1. The van der Waals surface area contributed by atoms with E-state index in [0.29, 0.717) is 11.4 Å². The quantitative estimate of drug-likeness (QED) is 0.713. The van der Waals surface area contributed by atoms with Crippen LogP contribution in [0.2, 0.25) is 0 Å². The minimum Gasteiger partial charge on any atom is -0.471 e. The summed E-state index contributed by atoms with van der Waals surface area (Å²) in [5.74, 6) is 1.20. The number of hydrogen-bond donors (Lipinski definition) is 1. The molecule has 0 saturated carbocycles. The summed E-state index contributed by atoms with van der Waals surface area (Å²) < 4.78 is 8.20. The lowest BCUT2D eigenvalue weighted by Crippen LogP contribution is -2.40. The van der Waals surface area contributed by atoms with Crippen LogP contribution >= 0.6 is 0 Å². The molecule has 0 aliphatic carbocycles. The minimum absolute atomic E-state index is 0.0877. The second-order valence-corrected chi connectivity index (χ2v) is 8.75. The molecule has 2 aromatic heterocycles. The fourth-order valence-corrected chi connectivity index (χ4v) is 3.82. The molecule has 1 aliphatic heterocycles. The summed E-state index contributed by atoms with van der Waals surface area (Å²) in [5.41, 5.74) is 3.19. The maximum Gasteiger partial charge on any atom is 0.245 e. The smallest absolute Gasteiger partial charge is 0.245 e. The number of carbonyl (C=O) groups excluding carboxylic acids is 1. The number of nitrogens with zero attached hydrogens (tertiary/aromatic N) is 5. The molecule has 1 aliphatic rings. The second-order valence-electron chi connectivity index (χ2n) is 8.75. The van der Waals surface area contributed by atoms with Gasteiger partial charge in [-0.3, -0.25) is 9.69 Å². The summed E-state index contributed by atoms with van der Waals surface area (Å²) >= 11 is 0. The van der Waals surface area contributed by atoms with Gasteiger partial charge in [-0.25, -0.2) is 9.97 Å². The van der Waals surface area contributed by atoms with E-state index in [4.69, 9.17) is 9.72 Å². The lowest BCUT2D eigenvalue weighted by Gasteiger charge is -2.31. The average molecular weight is 409 g/mol. The number of aryl methyl sites for hydroxylation is 1. The van der Waals surface area contributed by atoms with Crippen LogP contribution in [-0.2, 0) is 11.8 Å². The van der Waals surface area contributed by atoms with Crippen LogP contribution < -0.4 is 10.1 Å². The first-order chi connectivity index (χ1) is 14.2. The van der Waals surface area contributed by atoms with Gasteiger partial charge in [0, 0.05) is 43.9 Å². The molecule has 1 unspecified atom stereocenters. The summed E-state index contributed by atoms with van der Waals surface area (Å²) in [7, 11) is 1.93. The van der Waals surface area contributed by atoms with Crippen molar-refractivity contribution in [1.29, 1.82) is 0 Å². The Hall–Kier alpha value is -3.00. The molecule has 3 aromatic rings. The third-order valence-electron chi connectivity index (χ3n) is 5.46. The Labute approximate surface area is 176 Å². The van der Waals surface area contributed by atoms with E-state index in [9.17, 15) is 4.79 Å². The number of imidazole rings is 1. The summed E-state index contributed by atoms with van der Waals surface area (Å²) in [5, 5.41) is 2.78. The van der Waals surface area contributed by atoms with Crippen molar-refractivity contribution in [3.8, 4) is 17.3 Å². The number of carbonyl (C=O) groups is 1. The van der Waals surface area contributed by atoms with Crippen molar-refractivity contribution in [3.63, 3.8) is 0 Å². The number of benzene rings is 1. The van der Waals surface area contributed by atoms with Crippen LogP contribution in [0.1, 0.15) is 34.1 Å². The van der Waals surface area contributed by atoms with Crippen molar-refractivity contribution in [1.82, 2.24) is 24.4 Å². The van der Waals surface area contributed by atoms with Gasteiger partial charge in [0.2, 0.25) is 11.8 Å². The molecule has 1 amide bonds. The van der Waals surface area contributed by atoms with Crippen LogP contribution in [0.25, 0.3) is 22.6 Å². The third-order valence-corrected chi connectivity index (χ3v) is 5.46. The van der Waals surface area contributed by atoms with Crippen LogP contribution in [0.3, 0.4) is 0 Å². The van der Waals surface area contributed by atoms with Gasteiger partial charge in [0.15, 0.2) is 11.2 Å². The summed E-state index contributed by atoms with van der Waals surface area (Å²) in [6.45, 7) is 10.0. The van der Waals surface area contributed by atoms with E-state index in [0.717, 1.165) is 42.2 Å². The molecule has 3 heterocycles. The lowest BCUT2D eigenvalue weighted by atomic mass is 10.1. The Kier molecular flexibility index (Phi) is 5.19. The number of rotatable bonds is 4.